The van der Waals surface area contributed by atoms with Gasteiger partial charge < -0.3 is 34.5 Å². The SMILES string of the molecule is COc1cc(C(=O)N(C)c2ccc(C)cc2OCCCCC(=C=O)N2CCN(C)CC2)ccc1NC(=O)c1cccc2[nH]c(NC(C)=O)nc12.Cl.Cl. The molecule has 278 valence electrons. The molecule has 0 aliphatic carbocycles. The number of likely N-dealkylation sites (N-methyl/N-ethyl adjacent to an activating group) is 1. The van der Waals surface area contributed by atoms with E-state index in [4.69, 9.17) is 9.47 Å². The smallest absolute Gasteiger partial charge is 0.258 e. The number of piperazine rings is 1. The van der Waals surface area contributed by atoms with Crippen LogP contribution < -0.4 is 25.0 Å². The van der Waals surface area contributed by atoms with Crippen LogP contribution in [0.4, 0.5) is 17.3 Å². The van der Waals surface area contributed by atoms with Crippen LogP contribution in [-0.4, -0.2) is 97.4 Å². The molecular formula is C37H45Cl2N7O6. The van der Waals surface area contributed by atoms with Crippen LogP contribution in [0.15, 0.2) is 60.3 Å². The number of aryl methyl sites for hydroxylation is 1. The minimum atomic E-state index is -0.440. The molecule has 1 aliphatic rings. The number of methoxy groups -OCH3 is 1. The van der Waals surface area contributed by atoms with Crippen LogP contribution in [0.1, 0.15) is 52.5 Å². The molecule has 52 heavy (non-hydrogen) atoms. The molecule has 4 aromatic rings. The van der Waals surface area contributed by atoms with Gasteiger partial charge in [0.05, 0.1) is 41.9 Å². The number of fused-ring (bicyclic) bond motifs is 1. The molecule has 3 aromatic carbocycles. The number of nitrogens with one attached hydrogen (secondary N) is 3. The molecule has 3 N–H and O–H groups in total. The second-order valence-electron chi connectivity index (χ2n) is 12.3. The second-order valence-corrected chi connectivity index (χ2v) is 12.3. The molecule has 15 heteroatoms. The molecule has 3 amide bonds. The summed E-state index contributed by atoms with van der Waals surface area (Å²) in [6, 6.07) is 15.6. The lowest BCUT2D eigenvalue weighted by molar-refractivity contribution is -0.114. The van der Waals surface area contributed by atoms with Crippen LogP contribution in [0.5, 0.6) is 11.5 Å². The lowest BCUT2D eigenvalue weighted by Gasteiger charge is -2.34. The van der Waals surface area contributed by atoms with Gasteiger partial charge in [0, 0.05) is 45.7 Å². The Morgan fingerprint density at radius 1 is 0.981 bits per heavy atom. The van der Waals surface area contributed by atoms with Crippen molar-refractivity contribution in [3.8, 4) is 11.5 Å². The Kier molecular flexibility index (Phi) is 15.1. The number of anilines is 3. The van der Waals surface area contributed by atoms with Crippen molar-refractivity contribution in [2.24, 2.45) is 0 Å². The number of carbonyl (C=O) groups is 3. The van der Waals surface area contributed by atoms with Crippen molar-refractivity contribution < 1.29 is 28.7 Å². The van der Waals surface area contributed by atoms with Crippen molar-refractivity contribution in [2.45, 2.75) is 33.1 Å². The van der Waals surface area contributed by atoms with Crippen molar-refractivity contribution in [2.75, 3.05) is 69.5 Å². The first kappa shape index (κ1) is 41.4. The summed E-state index contributed by atoms with van der Waals surface area (Å²) < 4.78 is 11.7. The number of allylic oxidation sites excluding steroid dienone is 1. The van der Waals surface area contributed by atoms with Crippen LogP contribution in [0, 0.1) is 6.92 Å². The molecule has 1 saturated heterocycles. The zero-order valence-corrected chi connectivity index (χ0v) is 31.5. The first-order valence-electron chi connectivity index (χ1n) is 16.5. The Bertz CT molecular complexity index is 1940. The predicted octanol–water partition coefficient (Wildman–Crippen LogP) is 5.72. The fourth-order valence-corrected chi connectivity index (χ4v) is 5.80. The summed E-state index contributed by atoms with van der Waals surface area (Å²) in [5.41, 5.74) is 4.30. The van der Waals surface area contributed by atoms with Gasteiger partial charge in [0.1, 0.15) is 23.0 Å². The molecule has 1 aromatic heterocycles. The Morgan fingerprint density at radius 2 is 1.73 bits per heavy atom. The first-order valence-corrected chi connectivity index (χ1v) is 16.5. The summed E-state index contributed by atoms with van der Waals surface area (Å²) in [6.07, 6.45) is 2.16. The molecule has 0 unspecified atom stereocenters. The normalized spacial score (nSPS) is 12.5. The number of benzene rings is 3. The number of amides is 3. The average Bonchev–Trinajstić information content (AvgIpc) is 3.52. The molecule has 0 spiro atoms. The van der Waals surface area contributed by atoms with Crippen LogP contribution in [0.3, 0.4) is 0 Å². The van der Waals surface area contributed by atoms with Gasteiger partial charge >= 0.3 is 0 Å². The Labute approximate surface area is 315 Å². The molecular weight excluding hydrogens is 709 g/mol. The van der Waals surface area contributed by atoms with Crippen molar-refractivity contribution in [3.63, 3.8) is 0 Å². The summed E-state index contributed by atoms with van der Waals surface area (Å²) in [5, 5.41) is 5.44. The number of halogens is 2. The second kappa shape index (κ2) is 19.0. The predicted molar refractivity (Wildman–Crippen MR) is 207 cm³/mol. The van der Waals surface area contributed by atoms with Crippen molar-refractivity contribution >= 4 is 76.8 Å². The molecule has 1 aliphatic heterocycles. The number of hydrogen-bond acceptors (Lipinski definition) is 9. The molecule has 13 nitrogen and oxygen atoms in total. The van der Waals surface area contributed by atoms with E-state index >= 15 is 0 Å². The lowest BCUT2D eigenvalue weighted by Crippen LogP contribution is -2.44. The maximum Gasteiger partial charge on any atom is 0.258 e. The molecule has 0 atom stereocenters. The highest BCUT2D eigenvalue weighted by molar-refractivity contribution is 6.13. The first-order chi connectivity index (χ1) is 24.1. The van der Waals surface area contributed by atoms with Gasteiger partial charge in [-0.15, -0.1) is 24.8 Å². The summed E-state index contributed by atoms with van der Waals surface area (Å²) in [5.74, 6) is 2.23. The standard InChI is InChI=1S/C37H43N7O6.2ClH/c1-24-12-15-31(33(21-24)50-20-7-6-9-27(23-45)44-18-16-42(3)17-19-44)43(4)36(48)26-13-14-29(32(22-26)49-5)39-35(47)28-10-8-11-30-34(28)41-37(40-30)38-25(2)46;;/h8,10-15,21-22H,6-7,9,16-20H2,1-5H3,(H,39,47)(H2,38,40,41,46);2*1H. The fraction of sp³-hybridized carbons (Fsp3) is 0.351. The minimum Gasteiger partial charge on any atom is -0.495 e. The van der Waals surface area contributed by atoms with E-state index in [9.17, 15) is 19.2 Å². The number of nitrogens with zero attached hydrogens (tertiary/aromatic N) is 4. The summed E-state index contributed by atoms with van der Waals surface area (Å²) >= 11 is 0. The van der Waals surface area contributed by atoms with Crippen molar-refractivity contribution in [1.29, 1.82) is 0 Å². The van der Waals surface area contributed by atoms with E-state index in [-0.39, 0.29) is 42.6 Å². The summed E-state index contributed by atoms with van der Waals surface area (Å²) in [4.78, 5) is 63.4. The van der Waals surface area contributed by atoms with E-state index in [1.165, 1.54) is 18.9 Å². The monoisotopic (exact) mass is 753 g/mol. The van der Waals surface area contributed by atoms with E-state index in [0.717, 1.165) is 44.6 Å². The fourth-order valence-electron chi connectivity index (χ4n) is 5.80. The molecule has 5 rings (SSSR count). The van der Waals surface area contributed by atoms with Crippen LogP contribution in [-0.2, 0) is 9.59 Å². The van der Waals surface area contributed by atoms with Gasteiger partial charge in [-0.1, -0.05) is 12.1 Å². The maximum atomic E-state index is 13.7. The van der Waals surface area contributed by atoms with E-state index in [2.05, 4.69) is 43.4 Å². The molecule has 0 bridgehead atoms. The number of carbonyl (C=O) groups excluding carboxylic acids is 4. The quantitative estimate of drug-likeness (QED) is 0.115. The molecule has 1 fully saturated rings. The number of para-hydroxylation sites is 1. The highest BCUT2D eigenvalue weighted by Crippen LogP contribution is 2.32. The van der Waals surface area contributed by atoms with Gasteiger partial charge in [-0.2, -0.15) is 0 Å². The van der Waals surface area contributed by atoms with Crippen LogP contribution >= 0.6 is 24.8 Å². The minimum absolute atomic E-state index is 0. The van der Waals surface area contributed by atoms with Crippen LogP contribution in [0.2, 0.25) is 0 Å². The number of imidazole rings is 1. The van der Waals surface area contributed by atoms with E-state index in [1.54, 1.807) is 43.4 Å². The zero-order chi connectivity index (χ0) is 35.8. The number of aromatic nitrogens is 2. The van der Waals surface area contributed by atoms with Gasteiger partial charge in [0.2, 0.25) is 11.9 Å². The number of aromatic amines is 1. The Hall–Kier alpha value is -5.07. The van der Waals surface area contributed by atoms with Gasteiger partial charge in [0.15, 0.2) is 0 Å². The maximum absolute atomic E-state index is 13.7. The van der Waals surface area contributed by atoms with Crippen LogP contribution in [0.25, 0.3) is 11.0 Å². The number of unbranched alkanes of at least 4 members (excludes halogenated alkanes) is 1. The van der Waals surface area contributed by atoms with Crippen molar-refractivity contribution in [3.05, 3.63) is 77.0 Å². The highest BCUT2D eigenvalue weighted by Gasteiger charge is 2.22. The van der Waals surface area contributed by atoms with E-state index in [1.807, 2.05) is 25.1 Å². The van der Waals surface area contributed by atoms with E-state index < -0.39 is 5.91 Å². The zero-order valence-electron chi connectivity index (χ0n) is 29.9. The molecule has 0 saturated carbocycles. The third-order valence-electron chi connectivity index (χ3n) is 8.60. The van der Waals surface area contributed by atoms with Gasteiger partial charge in [-0.25, -0.2) is 9.78 Å². The Morgan fingerprint density at radius 3 is 2.42 bits per heavy atom. The highest BCUT2D eigenvalue weighted by atomic mass is 35.5. The summed E-state index contributed by atoms with van der Waals surface area (Å²) in [6.45, 7) is 7.28. The third kappa shape index (κ3) is 10.0. The Balaban J connectivity index is 0.00000364. The largest absolute Gasteiger partial charge is 0.495 e. The van der Waals surface area contributed by atoms with E-state index in [0.29, 0.717) is 63.8 Å². The van der Waals surface area contributed by atoms with Crippen molar-refractivity contribution in [1.82, 2.24) is 19.8 Å². The number of H-pyrrole nitrogens is 1. The van der Waals surface area contributed by atoms with Gasteiger partial charge in [0.25, 0.3) is 11.8 Å². The number of rotatable bonds is 13. The summed E-state index contributed by atoms with van der Waals surface area (Å²) in [7, 11) is 5.22. The van der Waals surface area contributed by atoms with Gasteiger partial charge in [-0.3, -0.25) is 19.7 Å². The number of ether oxygens (including phenoxy) is 2. The topological polar surface area (TPSA) is 149 Å². The average molecular weight is 755 g/mol. The lowest BCUT2D eigenvalue weighted by atomic mass is 10.1. The van der Waals surface area contributed by atoms with Gasteiger partial charge in [-0.05, 0) is 81.3 Å². The molecule has 2 heterocycles. The molecule has 0 radical (unpaired) electrons. The number of hydrogen-bond donors (Lipinski definition) is 3. The third-order valence-corrected chi connectivity index (χ3v) is 8.60.